The second-order valence-corrected chi connectivity index (χ2v) is 5.09. The first-order valence-corrected chi connectivity index (χ1v) is 6.44. The number of halogens is 1. The van der Waals surface area contributed by atoms with Crippen molar-refractivity contribution in [3.8, 4) is 0 Å². The summed E-state index contributed by atoms with van der Waals surface area (Å²) in [6, 6.07) is 11.5. The van der Waals surface area contributed by atoms with Crippen molar-refractivity contribution in [3.05, 3.63) is 62.8 Å². The zero-order chi connectivity index (χ0) is 11.4. The number of ketones is 1. The van der Waals surface area contributed by atoms with Crippen LogP contribution in [-0.2, 0) is 0 Å². The second-order valence-electron chi connectivity index (χ2n) is 3.23. The summed E-state index contributed by atoms with van der Waals surface area (Å²) in [7, 11) is 0. The molecule has 0 atom stereocenters. The minimum absolute atomic E-state index is 0.0536. The molecule has 2 rings (SSSR count). The molecule has 16 heavy (non-hydrogen) atoms. The van der Waals surface area contributed by atoms with Gasteiger partial charge >= 0.3 is 0 Å². The fourth-order valence-corrected chi connectivity index (χ4v) is 2.16. The molecular formula is C13H9BrOS. The van der Waals surface area contributed by atoms with Crippen LogP contribution in [0.1, 0.15) is 15.2 Å². The minimum Gasteiger partial charge on any atom is -0.288 e. The lowest BCUT2D eigenvalue weighted by Gasteiger charge is -1.93. The molecule has 1 heterocycles. The monoisotopic (exact) mass is 292 g/mol. The Labute approximate surface area is 107 Å². The van der Waals surface area contributed by atoms with Crippen molar-refractivity contribution in [1.82, 2.24) is 0 Å². The van der Waals surface area contributed by atoms with Crippen LogP contribution in [0.2, 0.25) is 0 Å². The minimum atomic E-state index is 0.0536. The SMILES string of the molecule is O=C(/C=C/c1ccc(Br)cc1)c1cccs1. The molecule has 0 bridgehead atoms. The highest BCUT2D eigenvalue weighted by molar-refractivity contribution is 9.10. The van der Waals surface area contributed by atoms with Crippen LogP contribution in [-0.4, -0.2) is 5.78 Å². The summed E-state index contributed by atoms with van der Waals surface area (Å²) in [6.07, 6.45) is 3.43. The smallest absolute Gasteiger partial charge is 0.195 e. The number of hydrogen-bond acceptors (Lipinski definition) is 2. The zero-order valence-corrected chi connectivity index (χ0v) is 10.8. The topological polar surface area (TPSA) is 17.1 Å². The van der Waals surface area contributed by atoms with E-state index in [0.717, 1.165) is 14.9 Å². The Morgan fingerprint density at radius 2 is 1.94 bits per heavy atom. The van der Waals surface area contributed by atoms with Crippen molar-refractivity contribution in [2.45, 2.75) is 0 Å². The molecule has 80 valence electrons. The molecule has 2 aromatic rings. The zero-order valence-electron chi connectivity index (χ0n) is 8.39. The molecule has 0 unspecified atom stereocenters. The van der Waals surface area contributed by atoms with Crippen molar-refractivity contribution in [3.63, 3.8) is 0 Å². The Hall–Kier alpha value is -1.19. The molecular weight excluding hydrogens is 284 g/mol. The summed E-state index contributed by atoms with van der Waals surface area (Å²) < 4.78 is 1.04. The highest BCUT2D eigenvalue weighted by atomic mass is 79.9. The van der Waals surface area contributed by atoms with E-state index in [1.165, 1.54) is 11.3 Å². The number of rotatable bonds is 3. The first-order valence-electron chi connectivity index (χ1n) is 4.77. The van der Waals surface area contributed by atoms with Gasteiger partial charge in [0, 0.05) is 4.47 Å². The van der Waals surface area contributed by atoms with Gasteiger partial charge in [0.05, 0.1) is 4.88 Å². The maximum Gasteiger partial charge on any atom is 0.195 e. The number of carbonyl (C=O) groups excluding carboxylic acids is 1. The van der Waals surface area contributed by atoms with Gasteiger partial charge in [0.1, 0.15) is 0 Å². The Balaban J connectivity index is 2.10. The third-order valence-corrected chi connectivity index (χ3v) is 3.47. The van der Waals surface area contributed by atoms with E-state index in [0.29, 0.717) is 0 Å². The Morgan fingerprint density at radius 1 is 1.19 bits per heavy atom. The van der Waals surface area contributed by atoms with Crippen LogP contribution in [0, 0.1) is 0 Å². The Bertz CT molecular complexity index is 497. The van der Waals surface area contributed by atoms with E-state index in [1.54, 1.807) is 6.08 Å². The first kappa shape index (κ1) is 11.3. The van der Waals surface area contributed by atoms with E-state index in [2.05, 4.69) is 15.9 Å². The summed E-state index contributed by atoms with van der Waals surface area (Å²) in [5, 5.41) is 1.90. The van der Waals surface area contributed by atoms with Crippen LogP contribution < -0.4 is 0 Å². The van der Waals surface area contributed by atoms with Crippen molar-refractivity contribution < 1.29 is 4.79 Å². The summed E-state index contributed by atoms with van der Waals surface area (Å²) in [5.74, 6) is 0.0536. The quantitative estimate of drug-likeness (QED) is 0.605. The highest BCUT2D eigenvalue weighted by Gasteiger charge is 2.00. The standard InChI is InChI=1S/C13H9BrOS/c14-11-6-3-10(4-7-11)5-8-12(15)13-2-1-9-16-13/h1-9H/b8-5+. The predicted molar refractivity (Wildman–Crippen MR) is 71.8 cm³/mol. The number of thiophene rings is 1. The van der Waals surface area contributed by atoms with Gasteiger partial charge in [-0.05, 0) is 35.2 Å². The van der Waals surface area contributed by atoms with E-state index in [-0.39, 0.29) is 5.78 Å². The van der Waals surface area contributed by atoms with Gasteiger partial charge in [-0.1, -0.05) is 40.2 Å². The van der Waals surface area contributed by atoms with Gasteiger partial charge in [0.2, 0.25) is 0 Å². The van der Waals surface area contributed by atoms with E-state index in [1.807, 2.05) is 47.9 Å². The third-order valence-electron chi connectivity index (χ3n) is 2.06. The molecule has 1 aromatic heterocycles. The van der Waals surface area contributed by atoms with Gasteiger partial charge in [-0.2, -0.15) is 0 Å². The van der Waals surface area contributed by atoms with Gasteiger partial charge in [0.15, 0.2) is 5.78 Å². The molecule has 1 aromatic carbocycles. The second kappa shape index (κ2) is 5.23. The van der Waals surface area contributed by atoms with Crippen LogP contribution in [0.15, 0.2) is 52.3 Å². The number of allylic oxidation sites excluding steroid dienone is 1. The molecule has 0 radical (unpaired) electrons. The van der Waals surface area contributed by atoms with E-state index in [4.69, 9.17) is 0 Å². The molecule has 0 aliphatic carbocycles. The van der Waals surface area contributed by atoms with E-state index in [9.17, 15) is 4.79 Å². The lowest BCUT2D eigenvalue weighted by atomic mass is 10.2. The molecule has 1 nitrogen and oxygen atoms in total. The lowest BCUT2D eigenvalue weighted by Crippen LogP contribution is -1.88. The van der Waals surface area contributed by atoms with E-state index < -0.39 is 0 Å². The van der Waals surface area contributed by atoms with Gasteiger partial charge in [-0.25, -0.2) is 0 Å². The molecule has 0 saturated heterocycles. The highest BCUT2D eigenvalue weighted by Crippen LogP contribution is 2.13. The van der Waals surface area contributed by atoms with Crippen LogP contribution >= 0.6 is 27.3 Å². The van der Waals surface area contributed by atoms with Gasteiger partial charge in [-0.15, -0.1) is 11.3 Å². The molecule has 3 heteroatoms. The van der Waals surface area contributed by atoms with Gasteiger partial charge in [0.25, 0.3) is 0 Å². The summed E-state index contributed by atoms with van der Waals surface area (Å²) >= 11 is 4.83. The van der Waals surface area contributed by atoms with Crippen molar-refractivity contribution in [2.24, 2.45) is 0 Å². The molecule has 0 amide bonds. The number of hydrogen-bond donors (Lipinski definition) is 0. The van der Waals surface area contributed by atoms with Crippen molar-refractivity contribution in [2.75, 3.05) is 0 Å². The number of benzene rings is 1. The number of carbonyl (C=O) groups is 1. The van der Waals surface area contributed by atoms with Gasteiger partial charge < -0.3 is 0 Å². The average molecular weight is 293 g/mol. The average Bonchev–Trinajstić information content (AvgIpc) is 2.81. The molecule has 0 saturated carbocycles. The molecule has 0 aliphatic heterocycles. The molecule has 0 N–H and O–H groups in total. The van der Waals surface area contributed by atoms with Crippen LogP contribution in [0.4, 0.5) is 0 Å². The molecule has 0 fully saturated rings. The predicted octanol–water partition coefficient (Wildman–Crippen LogP) is 4.41. The fourth-order valence-electron chi connectivity index (χ4n) is 1.25. The van der Waals surface area contributed by atoms with Crippen LogP contribution in [0.25, 0.3) is 6.08 Å². The van der Waals surface area contributed by atoms with Crippen LogP contribution in [0.3, 0.4) is 0 Å². The summed E-state index contributed by atoms with van der Waals surface area (Å²) in [4.78, 5) is 12.4. The Kier molecular flexibility index (Phi) is 3.70. The molecule has 0 aliphatic rings. The fraction of sp³-hybridized carbons (Fsp3) is 0. The maximum absolute atomic E-state index is 11.7. The largest absolute Gasteiger partial charge is 0.288 e. The van der Waals surface area contributed by atoms with Crippen LogP contribution in [0.5, 0.6) is 0 Å². The summed E-state index contributed by atoms with van der Waals surface area (Å²) in [6.45, 7) is 0. The van der Waals surface area contributed by atoms with Crippen molar-refractivity contribution in [1.29, 1.82) is 0 Å². The Morgan fingerprint density at radius 3 is 2.56 bits per heavy atom. The van der Waals surface area contributed by atoms with Crippen molar-refractivity contribution >= 4 is 39.1 Å². The third kappa shape index (κ3) is 2.90. The van der Waals surface area contributed by atoms with Gasteiger partial charge in [-0.3, -0.25) is 4.79 Å². The summed E-state index contributed by atoms with van der Waals surface area (Å²) in [5.41, 5.74) is 1.02. The first-order chi connectivity index (χ1) is 7.75. The molecule has 0 spiro atoms. The maximum atomic E-state index is 11.7. The normalized spacial score (nSPS) is 10.8. The lowest BCUT2D eigenvalue weighted by molar-refractivity contribution is 0.105. The van der Waals surface area contributed by atoms with E-state index >= 15 is 0 Å².